The van der Waals surface area contributed by atoms with Crippen LogP contribution in [0, 0.1) is 6.92 Å². The molecule has 0 bridgehead atoms. The highest BCUT2D eigenvalue weighted by Gasteiger charge is 2.29. The molecule has 2 aromatic rings. The van der Waals surface area contributed by atoms with Crippen LogP contribution in [-0.2, 0) is 27.5 Å². The van der Waals surface area contributed by atoms with Crippen LogP contribution in [0.3, 0.4) is 0 Å². The average Bonchev–Trinajstić information content (AvgIpc) is 2.98. The summed E-state index contributed by atoms with van der Waals surface area (Å²) in [5.41, 5.74) is 2.16. The summed E-state index contributed by atoms with van der Waals surface area (Å²) in [5, 5.41) is 3.62. The number of nitrogens with one attached hydrogen (secondary N) is 1. The minimum absolute atomic E-state index is 0.0140. The van der Waals surface area contributed by atoms with E-state index in [9.17, 15) is 18.0 Å². The Bertz CT molecular complexity index is 1180. The van der Waals surface area contributed by atoms with Gasteiger partial charge in [-0.2, -0.15) is 0 Å². The molecule has 1 amide bonds. The maximum atomic E-state index is 12.6. The lowest BCUT2D eigenvalue weighted by Crippen LogP contribution is -2.35. The summed E-state index contributed by atoms with van der Waals surface area (Å²) in [7, 11) is -3.05. The van der Waals surface area contributed by atoms with E-state index in [1.54, 1.807) is 6.07 Å². The van der Waals surface area contributed by atoms with E-state index in [2.05, 4.69) is 5.32 Å². The third-order valence-corrected chi connectivity index (χ3v) is 7.82. The van der Waals surface area contributed by atoms with Crippen molar-refractivity contribution in [2.24, 2.45) is 0 Å². The van der Waals surface area contributed by atoms with Gasteiger partial charge < -0.3 is 14.5 Å². The molecule has 1 saturated heterocycles. The van der Waals surface area contributed by atoms with Crippen LogP contribution in [0.4, 0.5) is 0 Å². The molecule has 0 radical (unpaired) electrons. The van der Waals surface area contributed by atoms with Crippen LogP contribution in [0.1, 0.15) is 49.8 Å². The first-order valence-electron chi connectivity index (χ1n) is 10.3. The SMILES string of the molecule is Cc1c(CCC(=O)N[C@@H]2CCS(=O)(=O)C2)c(=O)oc2cc3c(cc12)CCC(C)(C)O3. The average molecular weight is 434 g/mol. The zero-order chi connectivity index (χ0) is 21.7. The van der Waals surface area contributed by atoms with E-state index in [0.29, 0.717) is 17.6 Å². The van der Waals surface area contributed by atoms with Crippen molar-refractivity contribution in [1.29, 1.82) is 0 Å². The summed E-state index contributed by atoms with van der Waals surface area (Å²) in [4.78, 5) is 24.8. The Morgan fingerprint density at radius 2 is 2.07 bits per heavy atom. The maximum absolute atomic E-state index is 12.6. The van der Waals surface area contributed by atoms with Crippen LogP contribution in [-0.4, -0.2) is 37.5 Å². The number of aryl methyl sites for hydroxylation is 2. The molecular weight excluding hydrogens is 406 g/mol. The predicted molar refractivity (Wildman–Crippen MR) is 114 cm³/mol. The Balaban J connectivity index is 1.53. The van der Waals surface area contributed by atoms with Crippen LogP contribution in [0.15, 0.2) is 21.3 Å². The molecule has 1 fully saturated rings. The van der Waals surface area contributed by atoms with Crippen LogP contribution >= 0.6 is 0 Å². The topological polar surface area (TPSA) is 103 Å². The monoisotopic (exact) mass is 433 g/mol. The Morgan fingerprint density at radius 1 is 1.30 bits per heavy atom. The molecule has 1 aromatic carbocycles. The standard InChI is InChI=1S/C22H27NO6S/c1-13-16(4-5-20(24)23-15-7-9-30(26,27)12-15)21(25)28-19-11-18-14(10-17(13)19)6-8-22(2,3)29-18/h10-11,15H,4-9,12H2,1-3H3,(H,23,24)/t15-/m1/s1. The number of ether oxygens (including phenoxy) is 1. The largest absolute Gasteiger partial charge is 0.487 e. The number of carbonyl (C=O) groups is 1. The fourth-order valence-electron chi connectivity index (χ4n) is 4.27. The van der Waals surface area contributed by atoms with E-state index in [1.807, 2.05) is 26.8 Å². The zero-order valence-corrected chi connectivity index (χ0v) is 18.4. The van der Waals surface area contributed by atoms with Gasteiger partial charge in [0.2, 0.25) is 5.91 Å². The Morgan fingerprint density at radius 3 is 2.77 bits per heavy atom. The van der Waals surface area contributed by atoms with Crippen molar-refractivity contribution >= 4 is 26.7 Å². The minimum atomic E-state index is -3.05. The molecule has 2 aliphatic heterocycles. The van der Waals surface area contributed by atoms with Crippen molar-refractivity contribution in [2.45, 2.75) is 64.5 Å². The van der Waals surface area contributed by atoms with Crippen molar-refractivity contribution < 1.29 is 22.4 Å². The van der Waals surface area contributed by atoms with E-state index in [4.69, 9.17) is 9.15 Å². The number of carbonyl (C=O) groups excluding carboxylic acids is 1. The lowest BCUT2D eigenvalue weighted by atomic mass is 9.92. The van der Waals surface area contributed by atoms with Crippen molar-refractivity contribution in [2.75, 3.05) is 11.5 Å². The number of benzene rings is 1. The van der Waals surface area contributed by atoms with Gasteiger partial charge in [-0.3, -0.25) is 4.79 Å². The van der Waals surface area contributed by atoms with Crippen molar-refractivity contribution in [3.63, 3.8) is 0 Å². The Labute approximate surface area is 175 Å². The first kappa shape index (κ1) is 20.9. The van der Waals surface area contributed by atoms with Gasteiger partial charge in [0.1, 0.15) is 16.9 Å². The van der Waals surface area contributed by atoms with E-state index < -0.39 is 15.5 Å². The molecule has 8 heteroatoms. The van der Waals surface area contributed by atoms with Crippen molar-refractivity contribution in [1.82, 2.24) is 5.32 Å². The Hall–Kier alpha value is -2.35. The smallest absolute Gasteiger partial charge is 0.339 e. The van der Waals surface area contributed by atoms with Gasteiger partial charge in [0.15, 0.2) is 9.84 Å². The van der Waals surface area contributed by atoms with E-state index in [-0.39, 0.29) is 41.9 Å². The molecule has 1 atom stereocenters. The molecule has 7 nitrogen and oxygen atoms in total. The molecule has 0 unspecified atom stereocenters. The number of amides is 1. The first-order valence-corrected chi connectivity index (χ1v) is 12.1. The molecule has 0 saturated carbocycles. The zero-order valence-electron chi connectivity index (χ0n) is 17.5. The van der Waals surface area contributed by atoms with Gasteiger partial charge in [-0.1, -0.05) is 0 Å². The molecule has 0 aliphatic carbocycles. The summed E-state index contributed by atoms with van der Waals surface area (Å²) in [6.45, 7) is 5.95. The summed E-state index contributed by atoms with van der Waals surface area (Å²) in [6.07, 6.45) is 2.59. The Kier molecular flexibility index (Phi) is 5.16. The van der Waals surface area contributed by atoms with Crippen molar-refractivity contribution in [3.8, 4) is 5.75 Å². The number of rotatable bonds is 4. The second-order valence-corrected chi connectivity index (χ2v) is 11.2. The first-order chi connectivity index (χ1) is 14.0. The summed E-state index contributed by atoms with van der Waals surface area (Å²) in [6, 6.07) is 3.47. The van der Waals surface area contributed by atoms with Crippen LogP contribution in [0.25, 0.3) is 11.0 Å². The van der Waals surface area contributed by atoms with Gasteiger partial charge in [-0.15, -0.1) is 0 Å². The second-order valence-electron chi connectivity index (χ2n) is 8.98. The second kappa shape index (κ2) is 7.41. The lowest BCUT2D eigenvalue weighted by molar-refractivity contribution is -0.121. The van der Waals surface area contributed by atoms with Crippen LogP contribution in [0.5, 0.6) is 5.75 Å². The molecule has 4 rings (SSSR count). The van der Waals surface area contributed by atoms with E-state index in [0.717, 1.165) is 35.1 Å². The van der Waals surface area contributed by atoms with Gasteiger partial charge in [0.05, 0.1) is 11.5 Å². The lowest BCUT2D eigenvalue weighted by Gasteiger charge is -2.32. The molecule has 0 spiro atoms. The van der Waals surface area contributed by atoms with Crippen LogP contribution in [0.2, 0.25) is 0 Å². The predicted octanol–water partition coefficient (Wildman–Crippen LogP) is 2.44. The van der Waals surface area contributed by atoms with Gasteiger partial charge in [-0.05, 0) is 63.6 Å². The van der Waals surface area contributed by atoms with Crippen LogP contribution < -0.4 is 15.7 Å². The molecule has 3 heterocycles. The highest BCUT2D eigenvalue weighted by molar-refractivity contribution is 7.91. The fourth-order valence-corrected chi connectivity index (χ4v) is 5.95. The van der Waals surface area contributed by atoms with Gasteiger partial charge in [-0.25, -0.2) is 13.2 Å². The van der Waals surface area contributed by atoms with E-state index >= 15 is 0 Å². The number of fused-ring (bicyclic) bond motifs is 2. The molecule has 1 aromatic heterocycles. The third-order valence-electron chi connectivity index (χ3n) is 6.05. The molecule has 1 N–H and O–H groups in total. The molecule has 30 heavy (non-hydrogen) atoms. The van der Waals surface area contributed by atoms with Gasteiger partial charge >= 0.3 is 5.63 Å². The molecule has 2 aliphatic rings. The van der Waals surface area contributed by atoms with E-state index in [1.165, 1.54) is 0 Å². The fraction of sp³-hybridized carbons (Fsp3) is 0.545. The minimum Gasteiger partial charge on any atom is -0.487 e. The van der Waals surface area contributed by atoms with Gasteiger partial charge in [0, 0.05) is 29.5 Å². The normalized spacial score (nSPS) is 21.8. The molecular formula is C22H27NO6S. The molecule has 162 valence electrons. The maximum Gasteiger partial charge on any atom is 0.339 e. The number of sulfone groups is 1. The van der Waals surface area contributed by atoms with Gasteiger partial charge in [0.25, 0.3) is 0 Å². The summed E-state index contributed by atoms with van der Waals surface area (Å²) < 4.78 is 34.7. The number of hydrogen-bond acceptors (Lipinski definition) is 6. The highest BCUT2D eigenvalue weighted by atomic mass is 32.2. The number of hydrogen-bond donors (Lipinski definition) is 1. The van der Waals surface area contributed by atoms with Crippen molar-refractivity contribution in [3.05, 3.63) is 39.2 Å². The third kappa shape index (κ3) is 4.24. The summed E-state index contributed by atoms with van der Waals surface area (Å²) in [5.74, 6) is 0.591. The quantitative estimate of drug-likeness (QED) is 0.743. The summed E-state index contributed by atoms with van der Waals surface area (Å²) >= 11 is 0. The highest BCUT2D eigenvalue weighted by Crippen LogP contribution is 2.36.